The van der Waals surface area contributed by atoms with E-state index >= 15 is 0 Å². The van der Waals surface area contributed by atoms with Crippen LogP contribution in [0.15, 0.2) is 18.2 Å². The number of hydrogen-bond donors (Lipinski definition) is 1. The van der Waals surface area contributed by atoms with E-state index in [0.29, 0.717) is 0 Å². The number of hydrogen-bond acceptors (Lipinski definition) is 1. The fourth-order valence-corrected chi connectivity index (χ4v) is 2.18. The molecule has 1 aliphatic carbocycles. The van der Waals surface area contributed by atoms with Gasteiger partial charge in [-0.15, -0.1) is 0 Å². The molecule has 1 unspecified atom stereocenters. The molecule has 1 nitrogen and oxygen atoms in total. The molecule has 1 fully saturated rings. The molecule has 16 heavy (non-hydrogen) atoms. The van der Waals surface area contributed by atoms with E-state index in [2.05, 4.69) is 12.2 Å². The summed E-state index contributed by atoms with van der Waals surface area (Å²) in [5.74, 6) is 0.737. The van der Waals surface area contributed by atoms with Crippen molar-refractivity contribution in [3.05, 3.63) is 35.1 Å². The Hall–Kier alpha value is -0.890. The minimum Gasteiger partial charge on any atom is -0.310 e. The van der Waals surface area contributed by atoms with E-state index in [4.69, 9.17) is 0 Å². The Kier molecular flexibility index (Phi) is 3.59. The third-order valence-corrected chi connectivity index (χ3v) is 3.24. The van der Waals surface area contributed by atoms with Crippen LogP contribution in [0.2, 0.25) is 0 Å². The second kappa shape index (κ2) is 4.96. The molecular weight excluding hydrogens is 201 g/mol. The zero-order valence-corrected chi connectivity index (χ0v) is 10.1. The number of rotatable bonds is 5. The van der Waals surface area contributed by atoms with E-state index in [0.717, 1.165) is 30.0 Å². The lowest BCUT2D eigenvalue weighted by Gasteiger charge is -2.19. The van der Waals surface area contributed by atoms with E-state index < -0.39 is 0 Å². The molecule has 2 rings (SSSR count). The van der Waals surface area contributed by atoms with Gasteiger partial charge in [-0.2, -0.15) is 0 Å². The summed E-state index contributed by atoms with van der Waals surface area (Å²) in [6, 6.07) is 5.59. The van der Waals surface area contributed by atoms with Crippen molar-refractivity contribution in [2.45, 2.75) is 39.2 Å². The first kappa shape index (κ1) is 11.6. The first-order valence-electron chi connectivity index (χ1n) is 6.20. The molecule has 1 saturated carbocycles. The van der Waals surface area contributed by atoms with Gasteiger partial charge in [0.05, 0.1) is 0 Å². The van der Waals surface area contributed by atoms with Crippen molar-refractivity contribution in [1.82, 2.24) is 5.32 Å². The van der Waals surface area contributed by atoms with Gasteiger partial charge in [0.25, 0.3) is 0 Å². The van der Waals surface area contributed by atoms with E-state index in [1.54, 1.807) is 6.07 Å². The van der Waals surface area contributed by atoms with Crippen LogP contribution in [0, 0.1) is 18.7 Å². The fraction of sp³-hybridized carbons (Fsp3) is 0.571. The third kappa shape index (κ3) is 2.82. The molecular formula is C14H20FN. The quantitative estimate of drug-likeness (QED) is 0.801. The standard InChI is InChI=1S/C14H20FN/c1-3-16-14(9-11-5-6-11)12-8-10(2)4-7-13(12)15/h4,7-8,11,14,16H,3,5-6,9H2,1-2H3. The van der Waals surface area contributed by atoms with Gasteiger partial charge in [-0.3, -0.25) is 0 Å². The summed E-state index contributed by atoms with van der Waals surface area (Å²) in [6.07, 6.45) is 3.71. The number of halogens is 1. The molecule has 1 aromatic rings. The Labute approximate surface area is 97.1 Å². The van der Waals surface area contributed by atoms with E-state index in [9.17, 15) is 4.39 Å². The molecule has 88 valence electrons. The van der Waals surface area contributed by atoms with Gasteiger partial charge in [0.2, 0.25) is 0 Å². The molecule has 0 aromatic heterocycles. The highest BCUT2D eigenvalue weighted by Gasteiger charge is 2.27. The van der Waals surface area contributed by atoms with Gasteiger partial charge in [0.1, 0.15) is 5.82 Å². The average molecular weight is 221 g/mol. The molecule has 0 amide bonds. The lowest BCUT2D eigenvalue weighted by atomic mass is 9.99. The van der Waals surface area contributed by atoms with E-state index in [1.165, 1.54) is 12.8 Å². The largest absolute Gasteiger partial charge is 0.310 e. The summed E-state index contributed by atoms with van der Waals surface area (Å²) >= 11 is 0. The summed E-state index contributed by atoms with van der Waals surface area (Å²) in [6.45, 7) is 4.99. The van der Waals surface area contributed by atoms with Gasteiger partial charge in [-0.05, 0) is 31.9 Å². The Morgan fingerprint density at radius 2 is 2.19 bits per heavy atom. The first-order chi connectivity index (χ1) is 7.70. The van der Waals surface area contributed by atoms with Gasteiger partial charge < -0.3 is 5.32 Å². The first-order valence-corrected chi connectivity index (χ1v) is 6.20. The van der Waals surface area contributed by atoms with Gasteiger partial charge in [0, 0.05) is 11.6 Å². The van der Waals surface area contributed by atoms with Crippen molar-refractivity contribution >= 4 is 0 Å². The number of aryl methyl sites for hydroxylation is 1. The highest BCUT2D eigenvalue weighted by molar-refractivity contribution is 5.27. The molecule has 1 aromatic carbocycles. The van der Waals surface area contributed by atoms with Crippen molar-refractivity contribution in [2.24, 2.45) is 5.92 Å². The zero-order valence-electron chi connectivity index (χ0n) is 10.1. The van der Waals surface area contributed by atoms with Crippen LogP contribution < -0.4 is 5.32 Å². The molecule has 0 heterocycles. The molecule has 0 aliphatic heterocycles. The van der Waals surface area contributed by atoms with E-state index in [1.807, 2.05) is 19.1 Å². The molecule has 2 heteroatoms. The Morgan fingerprint density at radius 1 is 1.44 bits per heavy atom. The molecule has 1 aliphatic rings. The van der Waals surface area contributed by atoms with E-state index in [-0.39, 0.29) is 11.9 Å². The maximum Gasteiger partial charge on any atom is 0.127 e. The predicted octanol–water partition coefficient (Wildman–Crippen LogP) is 3.58. The highest BCUT2D eigenvalue weighted by atomic mass is 19.1. The SMILES string of the molecule is CCNC(CC1CC1)c1cc(C)ccc1F. The Bertz CT molecular complexity index is 358. The molecule has 0 spiro atoms. The summed E-state index contributed by atoms with van der Waals surface area (Å²) in [7, 11) is 0. The third-order valence-electron chi connectivity index (χ3n) is 3.24. The predicted molar refractivity (Wildman–Crippen MR) is 64.9 cm³/mol. The maximum absolute atomic E-state index is 13.8. The normalized spacial score (nSPS) is 17.4. The monoisotopic (exact) mass is 221 g/mol. The van der Waals surface area contributed by atoms with Crippen molar-refractivity contribution < 1.29 is 4.39 Å². The average Bonchev–Trinajstić information content (AvgIpc) is 3.05. The molecule has 0 bridgehead atoms. The van der Waals surface area contributed by atoms with Crippen LogP contribution in [0.3, 0.4) is 0 Å². The summed E-state index contributed by atoms with van der Waals surface area (Å²) in [5, 5.41) is 3.40. The van der Waals surface area contributed by atoms with Crippen LogP contribution in [-0.4, -0.2) is 6.54 Å². The zero-order chi connectivity index (χ0) is 11.5. The molecule has 0 saturated heterocycles. The highest BCUT2D eigenvalue weighted by Crippen LogP contribution is 2.38. The van der Waals surface area contributed by atoms with Crippen molar-refractivity contribution in [3.8, 4) is 0 Å². The van der Waals surface area contributed by atoms with Crippen LogP contribution in [0.4, 0.5) is 4.39 Å². The minimum atomic E-state index is -0.0720. The maximum atomic E-state index is 13.8. The lowest BCUT2D eigenvalue weighted by molar-refractivity contribution is 0.463. The van der Waals surface area contributed by atoms with Crippen LogP contribution >= 0.6 is 0 Å². The van der Waals surface area contributed by atoms with Crippen LogP contribution in [0.25, 0.3) is 0 Å². The Morgan fingerprint density at radius 3 is 2.81 bits per heavy atom. The lowest BCUT2D eigenvalue weighted by Crippen LogP contribution is -2.22. The second-order valence-electron chi connectivity index (χ2n) is 4.81. The molecule has 1 atom stereocenters. The minimum absolute atomic E-state index is 0.0720. The van der Waals surface area contributed by atoms with Crippen molar-refractivity contribution in [1.29, 1.82) is 0 Å². The van der Waals surface area contributed by atoms with Crippen LogP contribution in [0.5, 0.6) is 0 Å². The summed E-state index contributed by atoms with van der Waals surface area (Å²) < 4.78 is 13.8. The van der Waals surface area contributed by atoms with Gasteiger partial charge in [-0.1, -0.05) is 37.5 Å². The van der Waals surface area contributed by atoms with Gasteiger partial charge >= 0.3 is 0 Å². The van der Waals surface area contributed by atoms with Crippen molar-refractivity contribution in [2.75, 3.05) is 6.54 Å². The number of benzene rings is 1. The van der Waals surface area contributed by atoms with Gasteiger partial charge in [-0.25, -0.2) is 4.39 Å². The number of nitrogens with one attached hydrogen (secondary N) is 1. The topological polar surface area (TPSA) is 12.0 Å². The fourth-order valence-electron chi connectivity index (χ4n) is 2.18. The Balaban J connectivity index is 2.18. The summed E-state index contributed by atoms with van der Waals surface area (Å²) in [5.41, 5.74) is 1.98. The molecule has 1 N–H and O–H groups in total. The summed E-state index contributed by atoms with van der Waals surface area (Å²) in [4.78, 5) is 0. The van der Waals surface area contributed by atoms with Crippen molar-refractivity contribution in [3.63, 3.8) is 0 Å². The van der Waals surface area contributed by atoms with Crippen LogP contribution in [0.1, 0.15) is 43.4 Å². The smallest absolute Gasteiger partial charge is 0.127 e. The second-order valence-corrected chi connectivity index (χ2v) is 4.81. The molecule has 0 radical (unpaired) electrons. The van der Waals surface area contributed by atoms with Crippen LogP contribution in [-0.2, 0) is 0 Å². The van der Waals surface area contributed by atoms with Gasteiger partial charge in [0.15, 0.2) is 0 Å².